The summed E-state index contributed by atoms with van der Waals surface area (Å²) >= 11 is 0. The van der Waals surface area contributed by atoms with E-state index in [-0.39, 0.29) is 0 Å². The van der Waals surface area contributed by atoms with E-state index >= 15 is 0 Å². The van der Waals surface area contributed by atoms with Crippen molar-refractivity contribution in [2.45, 2.75) is 19.8 Å². The Morgan fingerprint density at radius 1 is 1.62 bits per heavy atom. The van der Waals surface area contributed by atoms with E-state index in [1.807, 2.05) is 6.92 Å². The molecule has 0 aromatic rings. The van der Waals surface area contributed by atoms with E-state index in [1.165, 1.54) is 0 Å². The third-order valence-corrected chi connectivity index (χ3v) is 1.34. The molecule has 0 unspecified atom stereocenters. The molecule has 0 aromatic heterocycles. The SMILES string of the molecule is CCC[CH]S(N)(=O)=O. The quantitative estimate of drug-likeness (QED) is 0.604. The summed E-state index contributed by atoms with van der Waals surface area (Å²) in [5.41, 5.74) is 0. The van der Waals surface area contributed by atoms with Gasteiger partial charge in [0.15, 0.2) is 0 Å². The minimum Gasteiger partial charge on any atom is -0.228 e. The van der Waals surface area contributed by atoms with Crippen LogP contribution in [-0.4, -0.2) is 8.42 Å². The summed E-state index contributed by atoms with van der Waals surface area (Å²) < 4.78 is 20.2. The zero-order chi connectivity index (χ0) is 6.62. The summed E-state index contributed by atoms with van der Waals surface area (Å²) in [5, 5.41) is 4.64. The van der Waals surface area contributed by atoms with E-state index in [1.54, 1.807) is 0 Å². The fourth-order valence-corrected chi connectivity index (χ4v) is 0.846. The van der Waals surface area contributed by atoms with E-state index in [0.717, 1.165) is 12.2 Å². The third kappa shape index (κ3) is 5.91. The molecule has 0 saturated heterocycles. The van der Waals surface area contributed by atoms with Crippen LogP contribution in [0.5, 0.6) is 0 Å². The first-order valence-electron chi connectivity index (χ1n) is 2.42. The molecule has 2 N–H and O–H groups in total. The van der Waals surface area contributed by atoms with Gasteiger partial charge in [-0.2, -0.15) is 0 Å². The van der Waals surface area contributed by atoms with Gasteiger partial charge in [-0.1, -0.05) is 13.3 Å². The summed E-state index contributed by atoms with van der Waals surface area (Å²) in [4.78, 5) is 0. The predicted molar refractivity (Wildman–Crippen MR) is 32.3 cm³/mol. The highest BCUT2D eigenvalue weighted by Crippen LogP contribution is 1.95. The molecule has 0 saturated carbocycles. The Hall–Kier alpha value is -0.0900. The van der Waals surface area contributed by atoms with Gasteiger partial charge in [0, 0.05) is 0 Å². The Morgan fingerprint density at radius 3 is 2.25 bits per heavy atom. The Balaban J connectivity index is 3.42. The van der Waals surface area contributed by atoms with Gasteiger partial charge in [0.2, 0.25) is 10.0 Å². The number of hydrogen-bond acceptors (Lipinski definition) is 2. The second kappa shape index (κ2) is 3.04. The van der Waals surface area contributed by atoms with Crippen LogP contribution in [0.2, 0.25) is 0 Å². The van der Waals surface area contributed by atoms with Crippen LogP contribution >= 0.6 is 0 Å². The number of nitrogens with two attached hydrogens (primary N) is 1. The number of unbranched alkanes of at least 4 members (excludes halogenated alkanes) is 1. The summed E-state index contributed by atoms with van der Waals surface area (Å²) in [6.45, 7) is 1.89. The van der Waals surface area contributed by atoms with Crippen LogP contribution in [0.3, 0.4) is 0 Å². The minimum atomic E-state index is -3.31. The zero-order valence-corrected chi connectivity index (χ0v) is 5.61. The van der Waals surface area contributed by atoms with Crippen LogP contribution < -0.4 is 5.14 Å². The molecule has 0 aromatic carbocycles. The first kappa shape index (κ1) is 7.91. The van der Waals surface area contributed by atoms with Gasteiger partial charge in [-0.05, 0) is 6.42 Å². The van der Waals surface area contributed by atoms with Gasteiger partial charge in [-0.3, -0.25) is 0 Å². The maximum absolute atomic E-state index is 10.1. The predicted octanol–water partition coefficient (Wildman–Crippen LogP) is 0.237. The minimum absolute atomic E-state index is 0.541. The van der Waals surface area contributed by atoms with Gasteiger partial charge in [0.1, 0.15) is 0 Å². The molecule has 0 heterocycles. The fourth-order valence-electron chi connectivity index (χ4n) is 0.282. The van der Waals surface area contributed by atoms with Crippen LogP contribution in [0.4, 0.5) is 0 Å². The van der Waals surface area contributed by atoms with Crippen molar-refractivity contribution < 1.29 is 8.42 Å². The molecule has 0 rings (SSSR count). The average molecular weight is 136 g/mol. The standard InChI is InChI=1S/C4H10NO2S/c1-2-3-4-8(5,6)7/h4H,2-3H2,1H3,(H2,5,6,7). The van der Waals surface area contributed by atoms with Gasteiger partial charge in [0.25, 0.3) is 0 Å². The smallest absolute Gasteiger partial charge is 0.213 e. The number of sulfonamides is 1. The lowest BCUT2D eigenvalue weighted by Crippen LogP contribution is -2.11. The first-order chi connectivity index (χ1) is 3.56. The van der Waals surface area contributed by atoms with Crippen LogP contribution in [-0.2, 0) is 10.0 Å². The van der Waals surface area contributed by atoms with E-state index < -0.39 is 10.0 Å². The maximum atomic E-state index is 10.1. The summed E-state index contributed by atoms with van der Waals surface area (Å²) in [6, 6.07) is 0. The van der Waals surface area contributed by atoms with E-state index in [0.29, 0.717) is 6.42 Å². The molecule has 0 bridgehead atoms. The van der Waals surface area contributed by atoms with Crippen molar-refractivity contribution in [2.75, 3.05) is 0 Å². The third-order valence-electron chi connectivity index (χ3n) is 0.639. The van der Waals surface area contributed by atoms with Crippen LogP contribution in [0.1, 0.15) is 19.8 Å². The van der Waals surface area contributed by atoms with E-state index in [9.17, 15) is 8.42 Å². The van der Waals surface area contributed by atoms with E-state index in [4.69, 9.17) is 0 Å². The van der Waals surface area contributed by atoms with Crippen LogP contribution in [0, 0.1) is 5.75 Å². The second-order valence-electron chi connectivity index (χ2n) is 1.54. The van der Waals surface area contributed by atoms with Crippen molar-refractivity contribution in [3.05, 3.63) is 5.75 Å². The number of rotatable bonds is 3. The lowest BCUT2D eigenvalue weighted by atomic mass is 10.4. The van der Waals surface area contributed by atoms with Gasteiger partial charge in [-0.15, -0.1) is 0 Å². The number of hydrogen-bond donors (Lipinski definition) is 1. The molecule has 0 aliphatic rings. The molecule has 3 nitrogen and oxygen atoms in total. The molecule has 8 heavy (non-hydrogen) atoms. The van der Waals surface area contributed by atoms with Gasteiger partial charge in [0.05, 0.1) is 5.75 Å². The molecule has 1 radical (unpaired) electrons. The van der Waals surface area contributed by atoms with Crippen molar-refractivity contribution >= 4 is 10.0 Å². The largest absolute Gasteiger partial charge is 0.228 e. The molecule has 0 amide bonds. The Kier molecular flexibility index (Phi) is 3.01. The lowest BCUT2D eigenvalue weighted by molar-refractivity contribution is 0.600. The Morgan fingerprint density at radius 2 is 2.12 bits per heavy atom. The highest BCUT2D eigenvalue weighted by Gasteiger charge is 1.99. The van der Waals surface area contributed by atoms with Gasteiger partial charge in [-0.25, -0.2) is 13.6 Å². The van der Waals surface area contributed by atoms with Gasteiger partial charge >= 0.3 is 0 Å². The Labute approximate surface area is 49.9 Å². The topological polar surface area (TPSA) is 60.2 Å². The normalized spacial score (nSPS) is 11.8. The summed E-state index contributed by atoms with van der Waals surface area (Å²) in [7, 11) is -3.31. The highest BCUT2D eigenvalue weighted by atomic mass is 32.2. The molecular formula is C4H10NO2S. The van der Waals surface area contributed by atoms with E-state index in [2.05, 4.69) is 5.14 Å². The molecule has 0 aliphatic heterocycles. The lowest BCUT2D eigenvalue weighted by Gasteiger charge is -1.90. The van der Waals surface area contributed by atoms with Gasteiger partial charge < -0.3 is 0 Å². The fraction of sp³-hybridized carbons (Fsp3) is 0.750. The van der Waals surface area contributed by atoms with Crippen LogP contribution in [0.25, 0.3) is 0 Å². The molecule has 0 spiro atoms. The molecular weight excluding hydrogens is 126 g/mol. The average Bonchev–Trinajstić information content (AvgIpc) is 1.59. The molecule has 49 valence electrons. The van der Waals surface area contributed by atoms with Crippen molar-refractivity contribution in [2.24, 2.45) is 5.14 Å². The zero-order valence-electron chi connectivity index (χ0n) is 4.79. The summed E-state index contributed by atoms with van der Waals surface area (Å²) in [5.74, 6) is 1.12. The number of primary sulfonamides is 1. The van der Waals surface area contributed by atoms with Crippen molar-refractivity contribution in [1.29, 1.82) is 0 Å². The van der Waals surface area contributed by atoms with Crippen molar-refractivity contribution in [1.82, 2.24) is 0 Å². The Bertz CT molecular complexity index is 138. The molecule has 4 heteroatoms. The van der Waals surface area contributed by atoms with Crippen molar-refractivity contribution in [3.8, 4) is 0 Å². The molecule has 0 fully saturated rings. The maximum Gasteiger partial charge on any atom is 0.213 e. The first-order valence-corrected chi connectivity index (χ1v) is 4.03. The van der Waals surface area contributed by atoms with Crippen LogP contribution in [0.15, 0.2) is 0 Å². The molecule has 0 atom stereocenters. The summed E-state index contributed by atoms with van der Waals surface area (Å²) in [6.07, 6.45) is 1.36. The molecule has 0 aliphatic carbocycles. The van der Waals surface area contributed by atoms with Crippen molar-refractivity contribution in [3.63, 3.8) is 0 Å². The monoisotopic (exact) mass is 136 g/mol. The second-order valence-corrected chi connectivity index (χ2v) is 3.06. The highest BCUT2D eigenvalue weighted by molar-refractivity contribution is 7.91.